The van der Waals surface area contributed by atoms with Crippen molar-refractivity contribution in [3.05, 3.63) is 0 Å². The third-order valence-electron chi connectivity index (χ3n) is 2.70. The van der Waals surface area contributed by atoms with Gasteiger partial charge in [-0.15, -0.1) is 0 Å². The van der Waals surface area contributed by atoms with E-state index in [2.05, 4.69) is 0 Å². The second kappa shape index (κ2) is 7.54. The summed E-state index contributed by atoms with van der Waals surface area (Å²) in [6.45, 7) is 1.28. The fraction of sp³-hybridized carbons (Fsp3) is 0.800. The van der Waals surface area contributed by atoms with Crippen LogP contribution in [0.3, 0.4) is 0 Å². The van der Waals surface area contributed by atoms with Gasteiger partial charge in [0.15, 0.2) is 0 Å². The van der Waals surface area contributed by atoms with Crippen molar-refractivity contribution in [3.8, 4) is 0 Å². The van der Waals surface area contributed by atoms with E-state index in [1.54, 1.807) is 0 Å². The predicted molar refractivity (Wildman–Crippen MR) is 62.6 cm³/mol. The van der Waals surface area contributed by atoms with E-state index in [9.17, 15) is 9.59 Å². The molecule has 0 rings (SSSR count). The number of ketones is 1. The Bertz CT molecular complexity index is 241. The molecule has 1 unspecified atom stereocenters. The van der Waals surface area contributed by atoms with Crippen LogP contribution in [0.2, 0.25) is 6.04 Å². The molecule has 0 aliphatic carbocycles. The molecule has 100 valence electrons. The molecule has 0 saturated carbocycles. The Hall–Kier alpha value is -0.763. The zero-order valence-electron chi connectivity index (χ0n) is 10.7. The van der Waals surface area contributed by atoms with Crippen LogP contribution in [-0.2, 0) is 22.9 Å². The van der Waals surface area contributed by atoms with E-state index < -0.39 is 20.7 Å². The lowest BCUT2D eigenvalue weighted by Gasteiger charge is -2.24. The van der Waals surface area contributed by atoms with Crippen molar-refractivity contribution in [2.45, 2.75) is 25.8 Å². The summed E-state index contributed by atoms with van der Waals surface area (Å²) in [6.07, 6.45) is 0.786. The van der Waals surface area contributed by atoms with E-state index in [4.69, 9.17) is 18.4 Å². The SMILES string of the molecule is CO[Si](CCCC(C(C)=O)C(=O)O)(OC)OC. The lowest BCUT2D eigenvalue weighted by atomic mass is 10.0. The van der Waals surface area contributed by atoms with Gasteiger partial charge in [0.25, 0.3) is 0 Å². The van der Waals surface area contributed by atoms with E-state index >= 15 is 0 Å². The normalized spacial score (nSPS) is 13.4. The molecule has 0 bridgehead atoms. The average Bonchev–Trinajstić information content (AvgIpc) is 2.29. The topological polar surface area (TPSA) is 82.1 Å². The van der Waals surface area contributed by atoms with Crippen LogP contribution < -0.4 is 0 Å². The number of aliphatic carboxylic acids is 1. The molecule has 1 N–H and O–H groups in total. The van der Waals surface area contributed by atoms with E-state index in [0.717, 1.165) is 0 Å². The number of Topliss-reactive ketones (excluding diaryl/α,β-unsaturated/α-hetero) is 1. The highest BCUT2D eigenvalue weighted by Crippen LogP contribution is 2.19. The highest BCUT2D eigenvalue weighted by Gasteiger charge is 2.37. The maximum absolute atomic E-state index is 11.1. The molecule has 0 radical (unpaired) electrons. The van der Waals surface area contributed by atoms with Gasteiger partial charge in [0.05, 0.1) is 0 Å². The third-order valence-corrected chi connectivity index (χ3v) is 5.53. The van der Waals surface area contributed by atoms with Crippen molar-refractivity contribution < 1.29 is 28.0 Å². The lowest BCUT2D eigenvalue weighted by Crippen LogP contribution is -2.42. The second-order valence-electron chi connectivity index (χ2n) is 3.69. The maximum atomic E-state index is 11.1. The van der Waals surface area contributed by atoms with Gasteiger partial charge in [-0.05, 0) is 19.8 Å². The van der Waals surface area contributed by atoms with Crippen LogP contribution in [0.25, 0.3) is 0 Å². The number of carbonyl (C=O) groups excluding carboxylic acids is 1. The van der Waals surface area contributed by atoms with Crippen LogP contribution in [-0.4, -0.2) is 47.0 Å². The van der Waals surface area contributed by atoms with E-state index in [1.165, 1.54) is 28.3 Å². The van der Waals surface area contributed by atoms with Crippen molar-refractivity contribution in [2.75, 3.05) is 21.3 Å². The number of hydrogen-bond acceptors (Lipinski definition) is 5. The molecule has 0 amide bonds. The fourth-order valence-corrected chi connectivity index (χ4v) is 3.33. The van der Waals surface area contributed by atoms with Gasteiger partial charge in [0.1, 0.15) is 11.7 Å². The molecule has 0 spiro atoms. The Kier molecular flexibility index (Phi) is 7.20. The van der Waals surface area contributed by atoms with Crippen LogP contribution >= 0.6 is 0 Å². The van der Waals surface area contributed by atoms with Gasteiger partial charge in [0.2, 0.25) is 0 Å². The van der Waals surface area contributed by atoms with Gasteiger partial charge in [0, 0.05) is 27.4 Å². The van der Waals surface area contributed by atoms with Crippen LogP contribution in [0.4, 0.5) is 0 Å². The van der Waals surface area contributed by atoms with Gasteiger partial charge < -0.3 is 18.4 Å². The van der Waals surface area contributed by atoms with Gasteiger partial charge in [-0.2, -0.15) is 0 Å². The van der Waals surface area contributed by atoms with Gasteiger partial charge in [-0.3, -0.25) is 9.59 Å². The number of carbonyl (C=O) groups is 2. The highest BCUT2D eigenvalue weighted by molar-refractivity contribution is 6.60. The largest absolute Gasteiger partial charge is 0.500 e. The molecule has 0 aromatic carbocycles. The summed E-state index contributed by atoms with van der Waals surface area (Å²) in [5.41, 5.74) is 0. The van der Waals surface area contributed by atoms with Crippen LogP contribution in [0, 0.1) is 5.92 Å². The molecule has 0 saturated heterocycles. The number of carboxylic acid groups (broad SMARTS) is 1. The van der Waals surface area contributed by atoms with Crippen LogP contribution in [0.1, 0.15) is 19.8 Å². The molecule has 1 atom stereocenters. The first-order valence-corrected chi connectivity index (χ1v) is 7.24. The molecule has 0 aromatic heterocycles. The highest BCUT2D eigenvalue weighted by atomic mass is 28.4. The number of rotatable bonds is 9. The fourth-order valence-electron chi connectivity index (χ4n) is 1.58. The minimum absolute atomic E-state index is 0.273. The first kappa shape index (κ1) is 16.2. The molecule has 0 aliphatic heterocycles. The summed E-state index contributed by atoms with van der Waals surface area (Å²) in [5, 5.41) is 8.84. The number of hydrogen-bond donors (Lipinski definition) is 1. The zero-order valence-corrected chi connectivity index (χ0v) is 11.7. The van der Waals surface area contributed by atoms with Crippen molar-refractivity contribution in [2.24, 2.45) is 5.92 Å². The van der Waals surface area contributed by atoms with Crippen LogP contribution in [0.15, 0.2) is 0 Å². The summed E-state index contributed by atoms with van der Waals surface area (Å²) in [7, 11) is 1.84. The Morgan fingerprint density at radius 2 is 1.65 bits per heavy atom. The molecule has 0 fully saturated rings. The molecular formula is C10H20O6Si. The molecular weight excluding hydrogens is 244 g/mol. The Morgan fingerprint density at radius 1 is 1.18 bits per heavy atom. The zero-order chi connectivity index (χ0) is 13.5. The summed E-state index contributed by atoms with van der Waals surface area (Å²) < 4.78 is 15.6. The number of carboxylic acids is 1. The van der Waals surface area contributed by atoms with Gasteiger partial charge in [-0.1, -0.05) is 0 Å². The maximum Gasteiger partial charge on any atom is 0.500 e. The standard InChI is InChI=1S/C10H20O6Si/c1-8(11)9(10(12)13)6-5-7-17(14-2,15-3)16-4/h9H,5-7H2,1-4H3,(H,12,13). The van der Waals surface area contributed by atoms with Gasteiger partial charge in [-0.25, -0.2) is 0 Å². The minimum Gasteiger partial charge on any atom is -0.481 e. The second-order valence-corrected chi connectivity index (χ2v) is 6.78. The van der Waals surface area contributed by atoms with E-state index in [1.807, 2.05) is 0 Å². The van der Waals surface area contributed by atoms with Crippen molar-refractivity contribution >= 4 is 20.6 Å². The molecule has 0 aromatic rings. The predicted octanol–water partition coefficient (Wildman–Crippen LogP) is 0.934. The Balaban J connectivity index is 4.28. The summed E-state index contributed by atoms with van der Waals surface area (Å²) >= 11 is 0. The first-order chi connectivity index (χ1) is 7.92. The van der Waals surface area contributed by atoms with Crippen molar-refractivity contribution in [1.29, 1.82) is 0 Å². The molecule has 17 heavy (non-hydrogen) atoms. The van der Waals surface area contributed by atoms with Gasteiger partial charge >= 0.3 is 14.8 Å². The molecule has 7 heteroatoms. The molecule has 0 aliphatic rings. The first-order valence-electron chi connectivity index (χ1n) is 5.31. The quantitative estimate of drug-likeness (QED) is 0.493. The Morgan fingerprint density at radius 3 is 1.94 bits per heavy atom. The van der Waals surface area contributed by atoms with Crippen molar-refractivity contribution in [1.82, 2.24) is 0 Å². The average molecular weight is 264 g/mol. The van der Waals surface area contributed by atoms with Crippen molar-refractivity contribution in [3.63, 3.8) is 0 Å². The smallest absolute Gasteiger partial charge is 0.481 e. The van der Waals surface area contributed by atoms with E-state index in [-0.39, 0.29) is 12.2 Å². The lowest BCUT2D eigenvalue weighted by molar-refractivity contribution is -0.146. The Labute approximate surface area is 102 Å². The monoisotopic (exact) mass is 264 g/mol. The summed E-state index contributed by atoms with van der Waals surface area (Å²) in [6, 6.07) is 0.494. The molecule has 0 heterocycles. The summed E-state index contributed by atoms with van der Waals surface area (Å²) in [4.78, 5) is 21.9. The third kappa shape index (κ3) is 4.94. The van der Waals surface area contributed by atoms with Crippen LogP contribution in [0.5, 0.6) is 0 Å². The van der Waals surface area contributed by atoms with E-state index in [0.29, 0.717) is 12.5 Å². The minimum atomic E-state index is -2.66. The molecule has 6 nitrogen and oxygen atoms in total. The summed E-state index contributed by atoms with van der Waals surface area (Å²) in [5.74, 6) is -2.37.